The first kappa shape index (κ1) is 16.1. The van der Waals surface area contributed by atoms with Crippen LogP contribution < -0.4 is 15.5 Å². The highest BCUT2D eigenvalue weighted by Gasteiger charge is 2.21. The van der Waals surface area contributed by atoms with E-state index in [2.05, 4.69) is 22.5 Å². The normalized spacial score (nSPS) is 14.0. The highest BCUT2D eigenvalue weighted by atomic mass is 35.5. The minimum absolute atomic E-state index is 0.0513. The minimum Gasteiger partial charge on any atom is -0.362 e. The minimum atomic E-state index is 0.0513. The Labute approximate surface area is 131 Å². The van der Waals surface area contributed by atoms with E-state index in [-0.39, 0.29) is 5.91 Å². The maximum absolute atomic E-state index is 11.8. The Morgan fingerprint density at radius 3 is 2.76 bits per heavy atom. The van der Waals surface area contributed by atoms with E-state index >= 15 is 0 Å². The zero-order valence-corrected chi connectivity index (χ0v) is 13.5. The maximum Gasteiger partial charge on any atom is 0.239 e. The van der Waals surface area contributed by atoms with Gasteiger partial charge in [0.05, 0.1) is 6.54 Å². The molecule has 2 rings (SSSR count). The van der Waals surface area contributed by atoms with Crippen molar-refractivity contribution in [3.8, 4) is 0 Å². The first-order chi connectivity index (χ1) is 10.1. The van der Waals surface area contributed by atoms with Gasteiger partial charge in [-0.1, -0.05) is 11.6 Å². The molecule has 0 aliphatic heterocycles. The molecule has 0 radical (unpaired) electrons. The number of anilines is 1. The standard InChI is InChI=1S/C16H24ClN3O/c1-3-18-16(21)11-20(4-2)15-8-5-13(17)9-12(15)10-19-14-6-7-14/h5,8-9,14,19H,3-4,6-7,10-11H2,1-2H3,(H,18,21). The summed E-state index contributed by atoms with van der Waals surface area (Å²) in [5.41, 5.74) is 2.24. The van der Waals surface area contributed by atoms with Crippen LogP contribution in [0.15, 0.2) is 18.2 Å². The molecule has 1 aromatic carbocycles. The van der Waals surface area contributed by atoms with Crippen molar-refractivity contribution >= 4 is 23.2 Å². The lowest BCUT2D eigenvalue weighted by atomic mass is 10.1. The number of halogens is 1. The largest absolute Gasteiger partial charge is 0.362 e. The van der Waals surface area contributed by atoms with Crippen molar-refractivity contribution in [2.24, 2.45) is 0 Å². The Hall–Kier alpha value is -1.26. The molecule has 5 heteroatoms. The second-order valence-electron chi connectivity index (χ2n) is 5.40. The summed E-state index contributed by atoms with van der Waals surface area (Å²) in [6.45, 7) is 6.62. The van der Waals surface area contributed by atoms with Gasteiger partial charge in [-0.25, -0.2) is 0 Å². The predicted octanol–water partition coefficient (Wildman–Crippen LogP) is 2.55. The van der Waals surface area contributed by atoms with Gasteiger partial charge in [-0.15, -0.1) is 0 Å². The average molecular weight is 310 g/mol. The van der Waals surface area contributed by atoms with E-state index in [9.17, 15) is 4.79 Å². The van der Waals surface area contributed by atoms with Crippen LogP contribution in [0.1, 0.15) is 32.3 Å². The summed E-state index contributed by atoms with van der Waals surface area (Å²) in [6, 6.07) is 6.54. The van der Waals surface area contributed by atoms with Crippen LogP contribution in [-0.2, 0) is 11.3 Å². The van der Waals surface area contributed by atoms with Crippen molar-refractivity contribution in [2.45, 2.75) is 39.3 Å². The summed E-state index contributed by atoms with van der Waals surface area (Å²) in [6.07, 6.45) is 2.51. The molecule has 21 heavy (non-hydrogen) atoms. The van der Waals surface area contributed by atoms with Gasteiger partial charge in [0.15, 0.2) is 0 Å². The van der Waals surface area contributed by atoms with Gasteiger partial charge in [0.25, 0.3) is 0 Å². The monoisotopic (exact) mass is 309 g/mol. The zero-order chi connectivity index (χ0) is 15.2. The van der Waals surface area contributed by atoms with E-state index in [1.54, 1.807) is 0 Å². The Morgan fingerprint density at radius 1 is 1.38 bits per heavy atom. The molecule has 4 nitrogen and oxygen atoms in total. The lowest BCUT2D eigenvalue weighted by Crippen LogP contribution is -2.37. The third kappa shape index (κ3) is 4.90. The molecule has 1 aliphatic carbocycles. The lowest BCUT2D eigenvalue weighted by Gasteiger charge is -2.25. The van der Waals surface area contributed by atoms with Crippen LogP contribution in [0.3, 0.4) is 0 Å². The van der Waals surface area contributed by atoms with Crippen molar-refractivity contribution < 1.29 is 4.79 Å². The van der Waals surface area contributed by atoms with Crippen LogP contribution in [0, 0.1) is 0 Å². The molecule has 0 bridgehead atoms. The van der Waals surface area contributed by atoms with Gasteiger partial charge in [0.2, 0.25) is 5.91 Å². The molecule has 2 N–H and O–H groups in total. The first-order valence-corrected chi connectivity index (χ1v) is 8.05. The van der Waals surface area contributed by atoms with Crippen molar-refractivity contribution in [1.82, 2.24) is 10.6 Å². The first-order valence-electron chi connectivity index (χ1n) is 7.67. The number of carbonyl (C=O) groups is 1. The van der Waals surface area contributed by atoms with Crippen LogP contribution in [0.4, 0.5) is 5.69 Å². The van der Waals surface area contributed by atoms with Crippen LogP contribution in [-0.4, -0.2) is 31.6 Å². The average Bonchev–Trinajstić information content (AvgIpc) is 3.27. The second-order valence-corrected chi connectivity index (χ2v) is 5.83. The molecule has 0 saturated heterocycles. The van der Waals surface area contributed by atoms with Crippen molar-refractivity contribution in [3.63, 3.8) is 0 Å². The van der Waals surface area contributed by atoms with Crippen molar-refractivity contribution in [1.29, 1.82) is 0 Å². The van der Waals surface area contributed by atoms with Gasteiger partial charge in [-0.3, -0.25) is 4.79 Å². The number of hydrogen-bond donors (Lipinski definition) is 2. The molecule has 0 aromatic heterocycles. The number of nitrogens with zero attached hydrogens (tertiary/aromatic N) is 1. The molecule has 1 saturated carbocycles. The van der Waals surface area contributed by atoms with Crippen molar-refractivity contribution in [3.05, 3.63) is 28.8 Å². The molecule has 0 spiro atoms. The number of benzene rings is 1. The number of likely N-dealkylation sites (N-methyl/N-ethyl adjacent to an activating group) is 2. The third-order valence-corrected chi connectivity index (χ3v) is 3.87. The van der Waals surface area contributed by atoms with Gasteiger partial charge in [-0.05, 0) is 50.5 Å². The Bertz CT molecular complexity index is 488. The quantitative estimate of drug-likeness (QED) is 0.775. The molecule has 1 amide bonds. The summed E-state index contributed by atoms with van der Waals surface area (Å²) in [4.78, 5) is 13.9. The highest BCUT2D eigenvalue weighted by Crippen LogP contribution is 2.26. The summed E-state index contributed by atoms with van der Waals surface area (Å²) < 4.78 is 0. The SMILES string of the molecule is CCNC(=O)CN(CC)c1ccc(Cl)cc1CNC1CC1. The van der Waals surface area contributed by atoms with E-state index in [1.165, 1.54) is 12.8 Å². The number of carbonyl (C=O) groups excluding carboxylic acids is 1. The molecular formula is C16H24ClN3O. The predicted molar refractivity (Wildman–Crippen MR) is 87.9 cm³/mol. The molecule has 1 fully saturated rings. The van der Waals surface area contributed by atoms with E-state index in [4.69, 9.17) is 11.6 Å². The Balaban J connectivity index is 2.11. The molecule has 1 aliphatic rings. The van der Waals surface area contributed by atoms with E-state index in [0.29, 0.717) is 19.1 Å². The molecule has 116 valence electrons. The van der Waals surface area contributed by atoms with Gasteiger partial charge in [-0.2, -0.15) is 0 Å². The molecule has 0 heterocycles. The summed E-state index contributed by atoms with van der Waals surface area (Å²) in [5, 5.41) is 7.10. The van der Waals surface area contributed by atoms with Crippen LogP contribution in [0.2, 0.25) is 5.02 Å². The molecule has 0 atom stereocenters. The van der Waals surface area contributed by atoms with E-state index in [1.807, 2.05) is 25.1 Å². The van der Waals surface area contributed by atoms with E-state index in [0.717, 1.165) is 29.4 Å². The number of amides is 1. The third-order valence-electron chi connectivity index (χ3n) is 3.63. The zero-order valence-electron chi connectivity index (χ0n) is 12.8. The Kier molecular flexibility index (Phi) is 5.88. The van der Waals surface area contributed by atoms with Gasteiger partial charge in [0, 0.05) is 36.4 Å². The number of nitrogens with one attached hydrogen (secondary N) is 2. The fraction of sp³-hybridized carbons (Fsp3) is 0.562. The maximum atomic E-state index is 11.8. The molecule has 1 aromatic rings. The fourth-order valence-electron chi connectivity index (χ4n) is 2.34. The smallest absolute Gasteiger partial charge is 0.239 e. The van der Waals surface area contributed by atoms with Gasteiger partial charge in [0.1, 0.15) is 0 Å². The summed E-state index contributed by atoms with van der Waals surface area (Å²) in [5.74, 6) is 0.0513. The lowest BCUT2D eigenvalue weighted by molar-refractivity contribution is -0.119. The summed E-state index contributed by atoms with van der Waals surface area (Å²) in [7, 11) is 0. The van der Waals surface area contributed by atoms with E-state index < -0.39 is 0 Å². The Morgan fingerprint density at radius 2 is 2.14 bits per heavy atom. The molecule has 0 unspecified atom stereocenters. The summed E-state index contributed by atoms with van der Waals surface area (Å²) >= 11 is 6.13. The van der Waals surface area contributed by atoms with Crippen molar-refractivity contribution in [2.75, 3.05) is 24.5 Å². The van der Waals surface area contributed by atoms with Crippen LogP contribution >= 0.6 is 11.6 Å². The highest BCUT2D eigenvalue weighted by molar-refractivity contribution is 6.30. The second kappa shape index (κ2) is 7.66. The fourth-order valence-corrected chi connectivity index (χ4v) is 2.53. The molecular weight excluding hydrogens is 286 g/mol. The topological polar surface area (TPSA) is 44.4 Å². The van der Waals surface area contributed by atoms with Crippen LogP contribution in [0.25, 0.3) is 0 Å². The van der Waals surface area contributed by atoms with Crippen LogP contribution in [0.5, 0.6) is 0 Å². The van der Waals surface area contributed by atoms with Gasteiger partial charge >= 0.3 is 0 Å². The number of rotatable bonds is 8. The number of hydrogen-bond acceptors (Lipinski definition) is 3. The van der Waals surface area contributed by atoms with Gasteiger partial charge < -0.3 is 15.5 Å².